The summed E-state index contributed by atoms with van der Waals surface area (Å²) < 4.78 is 16.8. The average Bonchev–Trinajstić information content (AvgIpc) is 2.72. The second-order valence-electron chi connectivity index (χ2n) is 6.64. The highest BCUT2D eigenvalue weighted by atomic mass is 35.5. The molecule has 8 heteroatoms. The summed E-state index contributed by atoms with van der Waals surface area (Å²) in [6.45, 7) is 6.80. The summed E-state index contributed by atoms with van der Waals surface area (Å²) >= 11 is 12.1. The van der Waals surface area contributed by atoms with Gasteiger partial charge in [0.1, 0.15) is 6.61 Å². The van der Waals surface area contributed by atoms with Crippen molar-refractivity contribution in [1.29, 1.82) is 0 Å². The Balaban J connectivity index is 0.00000300. The predicted molar refractivity (Wildman–Crippen MR) is 113 cm³/mol. The SMILES string of the molecule is COc1cc(CNCCN2CCOCC2)ccc1OCc1ccc(Cl)cc1Cl.[Cl-]. The number of ether oxygens (including phenoxy) is 3. The van der Waals surface area contributed by atoms with Gasteiger partial charge in [-0.15, -0.1) is 0 Å². The molecule has 0 amide bonds. The van der Waals surface area contributed by atoms with E-state index in [0.29, 0.717) is 28.2 Å². The van der Waals surface area contributed by atoms with Crippen molar-refractivity contribution in [2.24, 2.45) is 0 Å². The summed E-state index contributed by atoms with van der Waals surface area (Å²) in [6.07, 6.45) is 0. The van der Waals surface area contributed by atoms with Crippen LogP contribution >= 0.6 is 23.2 Å². The summed E-state index contributed by atoms with van der Waals surface area (Å²) in [5.74, 6) is 1.39. The van der Waals surface area contributed by atoms with Crippen LogP contribution in [-0.2, 0) is 17.9 Å². The zero-order valence-electron chi connectivity index (χ0n) is 16.4. The topological polar surface area (TPSA) is 43.0 Å². The minimum absolute atomic E-state index is 0. The Hall–Kier alpha value is -1.21. The smallest absolute Gasteiger partial charge is 0.161 e. The van der Waals surface area contributed by atoms with Crippen molar-refractivity contribution in [1.82, 2.24) is 10.2 Å². The second-order valence-corrected chi connectivity index (χ2v) is 7.48. The zero-order valence-corrected chi connectivity index (χ0v) is 18.7. The lowest BCUT2D eigenvalue weighted by atomic mass is 10.2. The maximum Gasteiger partial charge on any atom is 0.161 e. The van der Waals surface area contributed by atoms with E-state index in [1.165, 1.54) is 0 Å². The number of nitrogens with zero attached hydrogens (tertiary/aromatic N) is 1. The molecule has 0 bridgehead atoms. The van der Waals surface area contributed by atoms with Crippen LogP contribution in [0.1, 0.15) is 11.1 Å². The normalized spacial score (nSPS) is 14.3. The van der Waals surface area contributed by atoms with Crippen LogP contribution in [0.15, 0.2) is 36.4 Å². The number of morpholine rings is 1. The Morgan fingerprint density at radius 1 is 1.07 bits per heavy atom. The monoisotopic (exact) mass is 459 g/mol. The molecule has 1 heterocycles. The Morgan fingerprint density at radius 3 is 2.59 bits per heavy atom. The van der Waals surface area contributed by atoms with Gasteiger partial charge in [-0.05, 0) is 29.8 Å². The summed E-state index contributed by atoms with van der Waals surface area (Å²) in [7, 11) is 1.65. The minimum Gasteiger partial charge on any atom is -1.00 e. The van der Waals surface area contributed by atoms with Gasteiger partial charge in [0.05, 0.1) is 20.3 Å². The molecule has 1 aliphatic heterocycles. The molecule has 0 saturated carbocycles. The van der Waals surface area contributed by atoms with Gasteiger partial charge < -0.3 is 31.9 Å². The molecular formula is C21H26Cl3N2O3-. The summed E-state index contributed by atoms with van der Waals surface area (Å²) in [4.78, 5) is 2.41. The second kappa shape index (κ2) is 12.5. The van der Waals surface area contributed by atoms with E-state index in [1.807, 2.05) is 24.3 Å². The molecule has 5 nitrogen and oxygen atoms in total. The molecule has 3 rings (SSSR count). The third-order valence-electron chi connectivity index (χ3n) is 4.66. The molecular weight excluding hydrogens is 435 g/mol. The van der Waals surface area contributed by atoms with Gasteiger partial charge in [0.2, 0.25) is 0 Å². The van der Waals surface area contributed by atoms with Crippen molar-refractivity contribution in [2.75, 3.05) is 46.5 Å². The molecule has 1 fully saturated rings. The van der Waals surface area contributed by atoms with Gasteiger partial charge >= 0.3 is 0 Å². The quantitative estimate of drug-likeness (QED) is 0.566. The van der Waals surface area contributed by atoms with Gasteiger partial charge in [-0.25, -0.2) is 0 Å². The number of methoxy groups -OCH3 is 1. The number of rotatable bonds is 9. The third-order valence-corrected chi connectivity index (χ3v) is 5.25. The molecule has 0 atom stereocenters. The molecule has 1 N–H and O–H groups in total. The van der Waals surface area contributed by atoms with E-state index in [4.69, 9.17) is 37.4 Å². The van der Waals surface area contributed by atoms with Crippen molar-refractivity contribution in [2.45, 2.75) is 13.2 Å². The van der Waals surface area contributed by atoms with Gasteiger partial charge in [0.25, 0.3) is 0 Å². The van der Waals surface area contributed by atoms with Gasteiger partial charge in [0.15, 0.2) is 11.5 Å². The number of halogens is 3. The molecule has 2 aromatic carbocycles. The first-order valence-corrected chi connectivity index (χ1v) is 10.2. The summed E-state index contributed by atoms with van der Waals surface area (Å²) in [5, 5.41) is 4.68. The molecule has 0 unspecified atom stereocenters. The lowest BCUT2D eigenvalue weighted by Crippen LogP contribution is -3.00. The fourth-order valence-electron chi connectivity index (χ4n) is 3.03. The minimum atomic E-state index is 0. The van der Waals surface area contributed by atoms with Crippen LogP contribution in [-0.4, -0.2) is 51.4 Å². The van der Waals surface area contributed by atoms with Gasteiger partial charge in [-0.3, -0.25) is 4.90 Å². The largest absolute Gasteiger partial charge is 1.00 e. The lowest BCUT2D eigenvalue weighted by Gasteiger charge is -2.26. The number of hydrogen-bond acceptors (Lipinski definition) is 5. The molecule has 0 radical (unpaired) electrons. The van der Waals surface area contributed by atoms with Crippen LogP contribution in [0.3, 0.4) is 0 Å². The van der Waals surface area contributed by atoms with Crippen LogP contribution < -0.4 is 27.2 Å². The zero-order chi connectivity index (χ0) is 19.8. The standard InChI is InChI=1S/C21H26Cl2N2O3.ClH/c1-26-21-12-16(14-24-6-7-25-8-10-27-11-9-25)2-5-20(21)28-15-17-3-4-18(22)13-19(17)23;/h2-5,12-13,24H,6-11,14-15H2,1H3;1H/p-1. The van der Waals surface area contributed by atoms with E-state index in [0.717, 1.165) is 57.1 Å². The molecule has 29 heavy (non-hydrogen) atoms. The highest BCUT2D eigenvalue weighted by Gasteiger charge is 2.10. The summed E-state index contributed by atoms with van der Waals surface area (Å²) in [6, 6.07) is 11.4. The molecule has 2 aromatic rings. The first-order valence-electron chi connectivity index (χ1n) is 9.40. The Labute approximate surface area is 188 Å². The van der Waals surface area contributed by atoms with Crippen LogP contribution in [0.25, 0.3) is 0 Å². The van der Waals surface area contributed by atoms with Crippen molar-refractivity contribution in [3.8, 4) is 11.5 Å². The van der Waals surface area contributed by atoms with Crippen molar-refractivity contribution in [3.05, 3.63) is 57.6 Å². The van der Waals surface area contributed by atoms with Gasteiger partial charge in [-0.2, -0.15) is 0 Å². The fraction of sp³-hybridized carbons (Fsp3) is 0.429. The maximum absolute atomic E-state index is 6.21. The fourth-order valence-corrected chi connectivity index (χ4v) is 3.49. The Kier molecular flexibility index (Phi) is 10.4. The molecule has 1 aliphatic rings. The van der Waals surface area contributed by atoms with E-state index in [1.54, 1.807) is 19.2 Å². The average molecular weight is 461 g/mol. The first-order chi connectivity index (χ1) is 13.7. The van der Waals surface area contributed by atoms with Gasteiger partial charge in [-0.1, -0.05) is 35.3 Å². The van der Waals surface area contributed by atoms with Crippen molar-refractivity contribution < 1.29 is 26.6 Å². The van der Waals surface area contributed by atoms with E-state index in [2.05, 4.69) is 10.2 Å². The van der Waals surface area contributed by atoms with E-state index in [9.17, 15) is 0 Å². The molecule has 0 spiro atoms. The predicted octanol–water partition coefficient (Wildman–Crippen LogP) is 1.01. The van der Waals surface area contributed by atoms with Crippen LogP contribution in [0.5, 0.6) is 11.5 Å². The summed E-state index contributed by atoms with van der Waals surface area (Å²) in [5.41, 5.74) is 2.03. The van der Waals surface area contributed by atoms with Crippen LogP contribution in [0.2, 0.25) is 10.0 Å². The van der Waals surface area contributed by atoms with Gasteiger partial charge in [0, 0.05) is 48.3 Å². The Morgan fingerprint density at radius 2 is 1.86 bits per heavy atom. The highest BCUT2D eigenvalue weighted by Crippen LogP contribution is 2.30. The third kappa shape index (κ3) is 7.52. The molecule has 0 aliphatic carbocycles. The van der Waals surface area contributed by atoms with E-state index >= 15 is 0 Å². The molecule has 0 aromatic heterocycles. The molecule has 160 valence electrons. The van der Waals surface area contributed by atoms with Crippen molar-refractivity contribution in [3.63, 3.8) is 0 Å². The highest BCUT2D eigenvalue weighted by molar-refractivity contribution is 6.35. The van der Waals surface area contributed by atoms with Crippen LogP contribution in [0, 0.1) is 0 Å². The van der Waals surface area contributed by atoms with E-state index in [-0.39, 0.29) is 12.4 Å². The Bertz CT molecular complexity index is 771. The number of benzene rings is 2. The first kappa shape index (κ1) is 24.1. The number of hydrogen-bond donors (Lipinski definition) is 1. The van der Waals surface area contributed by atoms with Crippen LogP contribution in [0.4, 0.5) is 0 Å². The maximum atomic E-state index is 6.21. The lowest BCUT2D eigenvalue weighted by molar-refractivity contribution is -0.00000769. The van der Waals surface area contributed by atoms with E-state index < -0.39 is 0 Å². The molecule has 1 saturated heterocycles. The van der Waals surface area contributed by atoms with Crippen molar-refractivity contribution >= 4 is 23.2 Å². The number of nitrogens with one attached hydrogen (secondary N) is 1.